The van der Waals surface area contributed by atoms with Gasteiger partial charge in [-0.1, -0.05) is 6.92 Å². The molecule has 0 heterocycles. The normalized spacial score (nSPS) is 11.2. The van der Waals surface area contributed by atoms with Crippen molar-refractivity contribution in [2.45, 2.75) is 6.92 Å². The van der Waals surface area contributed by atoms with Gasteiger partial charge in [0.15, 0.2) is 15.6 Å². The third-order valence-corrected chi connectivity index (χ3v) is 3.88. The van der Waals surface area contributed by atoms with Gasteiger partial charge in [0.2, 0.25) is 0 Å². The summed E-state index contributed by atoms with van der Waals surface area (Å²) in [7, 11) is -3.22. The predicted molar refractivity (Wildman–Crippen MR) is 62.9 cm³/mol. The van der Waals surface area contributed by atoms with E-state index in [1.807, 2.05) is 0 Å². The minimum Gasteiger partial charge on any atom is -0.486 e. The van der Waals surface area contributed by atoms with Gasteiger partial charge in [0, 0.05) is 17.9 Å². The van der Waals surface area contributed by atoms with Crippen molar-refractivity contribution in [3.63, 3.8) is 0 Å². The topological polar surface area (TPSA) is 86.5 Å². The van der Waals surface area contributed by atoms with Gasteiger partial charge in [-0.2, -0.15) is 0 Å². The fraction of sp³-hybridized carbons (Fsp3) is 0.400. The molecule has 0 saturated carbocycles. The van der Waals surface area contributed by atoms with Crippen molar-refractivity contribution in [2.75, 3.05) is 18.1 Å². The Kier molecular flexibility index (Phi) is 4.60. The molecule has 0 aromatic heterocycles. The van der Waals surface area contributed by atoms with E-state index in [1.54, 1.807) is 0 Å². The minimum atomic E-state index is -3.22. The Morgan fingerprint density at radius 2 is 2.11 bits per heavy atom. The van der Waals surface area contributed by atoms with Crippen molar-refractivity contribution in [3.05, 3.63) is 34.1 Å². The van der Waals surface area contributed by atoms with E-state index in [2.05, 4.69) is 0 Å². The highest BCUT2D eigenvalue weighted by atomic mass is 32.2. The molecule has 0 unspecified atom stereocenters. The molecule has 0 aliphatic heterocycles. The van der Waals surface area contributed by atoms with Crippen LogP contribution in [0.25, 0.3) is 0 Å². The molecule has 1 aromatic rings. The first-order valence-corrected chi connectivity index (χ1v) is 6.95. The van der Waals surface area contributed by atoms with E-state index >= 15 is 0 Å². The Bertz CT molecular complexity index is 543. The second-order valence-corrected chi connectivity index (χ2v) is 5.93. The van der Waals surface area contributed by atoms with Crippen molar-refractivity contribution in [1.82, 2.24) is 0 Å². The minimum absolute atomic E-state index is 0.0401. The Labute approximate surface area is 103 Å². The number of nitrogens with zero attached hydrogens (tertiary/aromatic N) is 1. The first-order chi connectivity index (χ1) is 8.35. The van der Waals surface area contributed by atoms with Crippen LogP contribution in [0.15, 0.2) is 18.2 Å². The van der Waals surface area contributed by atoms with Crippen LogP contribution in [-0.2, 0) is 9.84 Å². The summed E-state index contributed by atoms with van der Waals surface area (Å²) in [6.07, 6.45) is 0. The molecule has 1 rings (SSSR count). The van der Waals surface area contributed by atoms with Gasteiger partial charge in [0.25, 0.3) is 0 Å². The zero-order valence-electron chi connectivity index (χ0n) is 9.63. The first kappa shape index (κ1) is 14.4. The molecule has 0 aliphatic carbocycles. The number of hydrogen-bond acceptors (Lipinski definition) is 5. The third-order valence-electron chi connectivity index (χ3n) is 2.21. The predicted octanol–water partition coefficient (Wildman–Crippen LogP) is 1.55. The summed E-state index contributed by atoms with van der Waals surface area (Å²) >= 11 is 0. The van der Waals surface area contributed by atoms with Gasteiger partial charge in [0.1, 0.15) is 12.4 Å². The number of sulfone groups is 1. The maximum atomic E-state index is 12.9. The molecule has 0 fully saturated rings. The van der Waals surface area contributed by atoms with E-state index in [9.17, 15) is 22.9 Å². The lowest BCUT2D eigenvalue weighted by molar-refractivity contribution is -0.385. The average Bonchev–Trinajstić information content (AvgIpc) is 2.28. The number of nitro benzene ring substituents is 1. The van der Waals surface area contributed by atoms with Crippen LogP contribution < -0.4 is 4.74 Å². The van der Waals surface area contributed by atoms with Crippen LogP contribution >= 0.6 is 0 Å². The molecule has 0 saturated heterocycles. The van der Waals surface area contributed by atoms with Crippen LogP contribution in [0.3, 0.4) is 0 Å². The maximum absolute atomic E-state index is 12.9. The third kappa shape index (κ3) is 3.95. The lowest BCUT2D eigenvalue weighted by Gasteiger charge is -2.06. The summed E-state index contributed by atoms with van der Waals surface area (Å²) in [6.45, 7) is 1.24. The largest absolute Gasteiger partial charge is 0.486 e. The van der Waals surface area contributed by atoms with Crippen LogP contribution in [0.4, 0.5) is 10.1 Å². The van der Waals surface area contributed by atoms with Gasteiger partial charge >= 0.3 is 5.69 Å². The van der Waals surface area contributed by atoms with Crippen LogP contribution in [0, 0.1) is 15.9 Å². The van der Waals surface area contributed by atoms with E-state index in [-0.39, 0.29) is 23.9 Å². The Morgan fingerprint density at radius 1 is 1.44 bits per heavy atom. The van der Waals surface area contributed by atoms with Crippen LogP contribution in [-0.4, -0.2) is 31.5 Å². The molecule has 18 heavy (non-hydrogen) atoms. The quantitative estimate of drug-likeness (QED) is 0.581. The van der Waals surface area contributed by atoms with Crippen molar-refractivity contribution in [3.8, 4) is 5.75 Å². The summed E-state index contributed by atoms with van der Waals surface area (Å²) < 4.78 is 40.2. The molecule has 6 nitrogen and oxygen atoms in total. The molecule has 0 spiro atoms. The lowest BCUT2D eigenvalue weighted by atomic mass is 10.3. The number of rotatable bonds is 6. The molecule has 0 N–H and O–H groups in total. The van der Waals surface area contributed by atoms with Crippen molar-refractivity contribution in [2.24, 2.45) is 0 Å². The summed E-state index contributed by atoms with van der Waals surface area (Å²) in [5.41, 5.74) is -0.398. The Balaban J connectivity index is 2.78. The number of nitro groups is 1. The maximum Gasteiger partial charge on any atom is 0.311 e. The molecule has 0 amide bonds. The monoisotopic (exact) mass is 277 g/mol. The van der Waals surface area contributed by atoms with Crippen molar-refractivity contribution >= 4 is 15.5 Å². The molecule has 0 atom stereocenters. The lowest BCUT2D eigenvalue weighted by Crippen LogP contribution is -2.16. The van der Waals surface area contributed by atoms with Crippen LogP contribution in [0.1, 0.15) is 6.92 Å². The number of halogens is 1. The molecule has 0 bridgehead atoms. The zero-order valence-corrected chi connectivity index (χ0v) is 10.4. The van der Waals surface area contributed by atoms with Crippen molar-refractivity contribution in [1.29, 1.82) is 0 Å². The molecular formula is C10H12FNO5S. The fourth-order valence-corrected chi connectivity index (χ4v) is 1.80. The van der Waals surface area contributed by atoms with Crippen molar-refractivity contribution < 1.29 is 22.5 Å². The number of benzene rings is 1. The first-order valence-electron chi connectivity index (χ1n) is 5.13. The molecule has 1 aromatic carbocycles. The highest BCUT2D eigenvalue weighted by molar-refractivity contribution is 7.91. The van der Waals surface area contributed by atoms with Gasteiger partial charge in [-0.3, -0.25) is 10.1 Å². The standard InChI is InChI=1S/C10H12FNO5S/c1-2-18(15,16)6-5-17-10-7-8(11)3-4-9(10)12(13)14/h3-4,7H,2,5-6H2,1H3. The van der Waals surface area contributed by atoms with Crippen LogP contribution in [0.2, 0.25) is 0 Å². The Morgan fingerprint density at radius 3 is 2.67 bits per heavy atom. The van der Waals surface area contributed by atoms with E-state index in [0.29, 0.717) is 0 Å². The smallest absolute Gasteiger partial charge is 0.311 e. The van der Waals surface area contributed by atoms with E-state index < -0.39 is 26.3 Å². The van der Waals surface area contributed by atoms with Gasteiger partial charge in [0.05, 0.1) is 10.7 Å². The van der Waals surface area contributed by atoms with E-state index in [1.165, 1.54) is 6.92 Å². The van der Waals surface area contributed by atoms with Gasteiger partial charge < -0.3 is 4.74 Å². The summed E-state index contributed by atoms with van der Waals surface area (Å²) in [4.78, 5) is 9.91. The molecule has 0 radical (unpaired) electrons. The average molecular weight is 277 g/mol. The van der Waals surface area contributed by atoms with Gasteiger partial charge in [-0.05, 0) is 6.07 Å². The van der Waals surface area contributed by atoms with Crippen LogP contribution in [0.5, 0.6) is 5.75 Å². The highest BCUT2D eigenvalue weighted by Crippen LogP contribution is 2.27. The van der Waals surface area contributed by atoms with Gasteiger partial charge in [-0.25, -0.2) is 12.8 Å². The molecular weight excluding hydrogens is 265 g/mol. The second kappa shape index (κ2) is 5.76. The summed E-state index contributed by atoms with van der Waals surface area (Å²) in [5, 5.41) is 10.6. The highest BCUT2D eigenvalue weighted by Gasteiger charge is 2.16. The summed E-state index contributed by atoms with van der Waals surface area (Å²) in [5.74, 6) is -1.26. The molecule has 0 aliphatic rings. The van der Waals surface area contributed by atoms with E-state index in [0.717, 1.165) is 18.2 Å². The summed E-state index contributed by atoms with van der Waals surface area (Å²) in [6, 6.07) is 2.77. The molecule has 100 valence electrons. The number of ether oxygens (including phenoxy) is 1. The fourth-order valence-electron chi connectivity index (χ4n) is 1.18. The second-order valence-electron chi connectivity index (χ2n) is 3.45. The zero-order chi connectivity index (χ0) is 13.8. The molecule has 8 heteroatoms. The van der Waals surface area contributed by atoms with Gasteiger partial charge in [-0.15, -0.1) is 0 Å². The number of hydrogen-bond donors (Lipinski definition) is 0. The SMILES string of the molecule is CCS(=O)(=O)CCOc1cc(F)ccc1[N+](=O)[O-]. The Hall–Kier alpha value is -1.70. The van der Waals surface area contributed by atoms with E-state index in [4.69, 9.17) is 4.74 Å².